The Morgan fingerprint density at radius 2 is 1.62 bits per heavy atom. The van der Waals surface area contributed by atoms with Crippen LogP contribution in [0.4, 0.5) is 10.1 Å². The van der Waals surface area contributed by atoms with E-state index in [2.05, 4.69) is 4.98 Å². The summed E-state index contributed by atoms with van der Waals surface area (Å²) in [7, 11) is 1.28. The second-order valence-corrected chi connectivity index (χ2v) is 8.99. The van der Waals surface area contributed by atoms with E-state index < -0.39 is 5.97 Å². The number of hydrogen-bond acceptors (Lipinski definition) is 6. The number of methoxy groups -OCH3 is 1. The minimum absolute atomic E-state index is 0.133. The Bertz CT molecular complexity index is 1620. The molecule has 0 aliphatic carbocycles. The van der Waals surface area contributed by atoms with Gasteiger partial charge in [-0.15, -0.1) is 0 Å². The molecule has 0 radical (unpaired) electrons. The van der Waals surface area contributed by atoms with Gasteiger partial charge in [-0.3, -0.25) is 14.2 Å². The number of para-hydroxylation sites is 1. The number of anilines is 1. The van der Waals surface area contributed by atoms with E-state index in [9.17, 15) is 18.8 Å². The summed E-state index contributed by atoms with van der Waals surface area (Å²) in [6, 6.07) is 17.9. The smallest absolute Gasteiger partial charge is 0.337 e. The van der Waals surface area contributed by atoms with Gasteiger partial charge in [0, 0.05) is 31.7 Å². The Balaban J connectivity index is 1.35. The Labute approximate surface area is 216 Å². The fourth-order valence-corrected chi connectivity index (χ4v) is 4.79. The number of halogens is 1. The van der Waals surface area contributed by atoms with Crippen LogP contribution in [0.25, 0.3) is 16.6 Å². The standard InChI is InChI=1S/C27H23FN4O4S/c1-36-26(35)18-8-11-20-22(16-18)29-27(37)32(25(20)34)19-9-6-17(7-10-19)24(33)31-14-12-30(13-15-31)23-5-3-2-4-21(23)28/h2-11,16H,12-15H2,1H3,(H,29,37). The first-order chi connectivity index (χ1) is 17.9. The highest BCUT2D eigenvalue weighted by atomic mass is 32.1. The molecule has 3 aromatic carbocycles. The highest BCUT2D eigenvalue weighted by Gasteiger charge is 2.23. The van der Waals surface area contributed by atoms with Gasteiger partial charge in [0.05, 0.1) is 35.0 Å². The molecule has 0 bridgehead atoms. The number of nitrogens with one attached hydrogen (secondary N) is 1. The van der Waals surface area contributed by atoms with Crippen molar-refractivity contribution in [3.05, 3.63) is 98.8 Å². The predicted octanol–water partition coefficient (Wildman–Crippen LogP) is 3.94. The lowest BCUT2D eigenvalue weighted by Crippen LogP contribution is -2.49. The quantitative estimate of drug-likeness (QED) is 0.325. The molecule has 1 aliphatic rings. The number of nitrogens with zero attached hydrogens (tertiary/aromatic N) is 3. The van der Waals surface area contributed by atoms with E-state index in [1.165, 1.54) is 29.9 Å². The van der Waals surface area contributed by atoms with E-state index in [0.717, 1.165) is 0 Å². The van der Waals surface area contributed by atoms with Crippen molar-refractivity contribution in [1.82, 2.24) is 14.5 Å². The van der Waals surface area contributed by atoms with Gasteiger partial charge in [0.1, 0.15) is 5.82 Å². The lowest BCUT2D eigenvalue weighted by molar-refractivity contribution is 0.0600. The first-order valence-electron chi connectivity index (χ1n) is 11.6. The molecule has 188 valence electrons. The van der Waals surface area contributed by atoms with Crippen molar-refractivity contribution in [1.29, 1.82) is 0 Å². The molecule has 0 atom stereocenters. The average molecular weight is 519 g/mol. The number of benzene rings is 3. The van der Waals surface area contributed by atoms with Crippen molar-refractivity contribution in [3.8, 4) is 5.69 Å². The summed E-state index contributed by atoms with van der Waals surface area (Å²) < 4.78 is 20.3. The Morgan fingerprint density at radius 3 is 2.30 bits per heavy atom. The molecule has 10 heteroatoms. The molecule has 1 amide bonds. The van der Waals surface area contributed by atoms with Crippen LogP contribution in [0.1, 0.15) is 20.7 Å². The van der Waals surface area contributed by atoms with Gasteiger partial charge < -0.3 is 19.5 Å². The molecule has 2 heterocycles. The molecule has 37 heavy (non-hydrogen) atoms. The summed E-state index contributed by atoms with van der Waals surface area (Å²) in [6.07, 6.45) is 0. The van der Waals surface area contributed by atoms with Gasteiger partial charge in [0.25, 0.3) is 11.5 Å². The minimum atomic E-state index is -0.515. The van der Waals surface area contributed by atoms with Crippen LogP contribution in [0.5, 0.6) is 0 Å². The Morgan fingerprint density at radius 1 is 0.946 bits per heavy atom. The zero-order valence-electron chi connectivity index (χ0n) is 19.9. The largest absolute Gasteiger partial charge is 0.465 e. The van der Waals surface area contributed by atoms with Crippen LogP contribution in [0, 0.1) is 10.6 Å². The Kier molecular flexibility index (Phi) is 6.58. The number of amides is 1. The topological polar surface area (TPSA) is 87.6 Å². The molecule has 4 aromatic rings. The normalized spacial score (nSPS) is 13.6. The molecular formula is C27H23FN4O4S. The van der Waals surface area contributed by atoms with Crippen LogP contribution in [0.2, 0.25) is 0 Å². The highest BCUT2D eigenvalue weighted by molar-refractivity contribution is 7.71. The van der Waals surface area contributed by atoms with Gasteiger partial charge >= 0.3 is 5.97 Å². The number of carbonyl (C=O) groups excluding carboxylic acids is 2. The molecule has 5 rings (SSSR count). The van der Waals surface area contributed by atoms with Crippen LogP contribution >= 0.6 is 12.2 Å². The summed E-state index contributed by atoms with van der Waals surface area (Å²) in [4.78, 5) is 44.7. The number of H-pyrrole nitrogens is 1. The van der Waals surface area contributed by atoms with Crippen molar-refractivity contribution >= 4 is 40.7 Å². The zero-order valence-corrected chi connectivity index (χ0v) is 20.8. The fraction of sp³-hybridized carbons (Fsp3) is 0.185. The molecule has 1 N–H and O–H groups in total. The number of aromatic amines is 1. The van der Waals surface area contributed by atoms with Crippen molar-refractivity contribution in [2.45, 2.75) is 0 Å². The summed E-state index contributed by atoms with van der Waals surface area (Å²) in [5.74, 6) is -0.922. The summed E-state index contributed by atoms with van der Waals surface area (Å²) in [5.41, 5.74) is 1.91. The highest BCUT2D eigenvalue weighted by Crippen LogP contribution is 2.21. The maximum Gasteiger partial charge on any atom is 0.337 e. The van der Waals surface area contributed by atoms with E-state index in [1.54, 1.807) is 53.4 Å². The van der Waals surface area contributed by atoms with E-state index in [4.69, 9.17) is 17.0 Å². The van der Waals surface area contributed by atoms with E-state index in [-0.39, 0.29) is 22.1 Å². The van der Waals surface area contributed by atoms with Crippen LogP contribution in [-0.4, -0.2) is 59.6 Å². The molecule has 1 fully saturated rings. The summed E-state index contributed by atoms with van der Waals surface area (Å²) >= 11 is 5.42. The van der Waals surface area contributed by atoms with Crippen LogP contribution in [0.15, 0.2) is 71.5 Å². The lowest BCUT2D eigenvalue weighted by atomic mass is 10.1. The predicted molar refractivity (Wildman–Crippen MR) is 141 cm³/mol. The van der Waals surface area contributed by atoms with Gasteiger partial charge in [-0.2, -0.15) is 0 Å². The number of hydrogen-bond donors (Lipinski definition) is 1. The minimum Gasteiger partial charge on any atom is -0.465 e. The molecule has 0 spiro atoms. The van der Waals surface area contributed by atoms with Gasteiger partial charge in [-0.25, -0.2) is 9.18 Å². The SMILES string of the molecule is COC(=O)c1ccc2c(=O)n(-c3ccc(C(=O)N4CCN(c5ccccc5F)CC4)cc3)c(=S)[nH]c2c1. The molecule has 0 unspecified atom stereocenters. The lowest BCUT2D eigenvalue weighted by Gasteiger charge is -2.36. The first-order valence-corrected chi connectivity index (χ1v) is 12.0. The second-order valence-electron chi connectivity index (χ2n) is 8.60. The van der Waals surface area contributed by atoms with E-state index >= 15 is 0 Å². The van der Waals surface area contributed by atoms with Gasteiger partial charge in [0.15, 0.2) is 4.77 Å². The van der Waals surface area contributed by atoms with Crippen LogP contribution < -0.4 is 10.5 Å². The summed E-state index contributed by atoms with van der Waals surface area (Å²) in [6.45, 7) is 2.00. The number of esters is 1. The Hall–Kier alpha value is -4.31. The molecular weight excluding hydrogens is 495 g/mol. The number of fused-ring (bicyclic) bond motifs is 1. The van der Waals surface area contributed by atoms with Gasteiger partial charge in [-0.1, -0.05) is 12.1 Å². The number of ether oxygens (including phenoxy) is 1. The third kappa shape index (κ3) is 4.63. The zero-order chi connectivity index (χ0) is 26.1. The van der Waals surface area contributed by atoms with Crippen LogP contribution in [0.3, 0.4) is 0 Å². The van der Waals surface area contributed by atoms with Crippen molar-refractivity contribution in [2.75, 3.05) is 38.2 Å². The molecule has 8 nitrogen and oxygen atoms in total. The molecule has 0 saturated carbocycles. The first kappa shape index (κ1) is 24.4. The molecule has 1 aromatic heterocycles. The van der Waals surface area contributed by atoms with Gasteiger partial charge in [-0.05, 0) is 66.8 Å². The monoisotopic (exact) mass is 518 g/mol. The number of piperazine rings is 1. The van der Waals surface area contributed by atoms with E-state index in [0.29, 0.717) is 59.6 Å². The number of carbonyl (C=O) groups is 2. The second kappa shape index (κ2) is 9.98. The number of rotatable bonds is 4. The maximum atomic E-state index is 14.1. The fourth-order valence-electron chi connectivity index (χ4n) is 4.49. The third-order valence-corrected chi connectivity index (χ3v) is 6.74. The average Bonchev–Trinajstić information content (AvgIpc) is 2.92. The molecule has 1 aliphatic heterocycles. The maximum absolute atomic E-state index is 14.1. The van der Waals surface area contributed by atoms with Gasteiger partial charge in [0.2, 0.25) is 0 Å². The van der Waals surface area contributed by atoms with Crippen molar-refractivity contribution in [3.63, 3.8) is 0 Å². The van der Waals surface area contributed by atoms with Crippen LogP contribution in [-0.2, 0) is 4.74 Å². The third-order valence-electron chi connectivity index (χ3n) is 6.45. The number of aromatic nitrogens is 2. The van der Waals surface area contributed by atoms with Crippen molar-refractivity contribution in [2.24, 2.45) is 0 Å². The summed E-state index contributed by atoms with van der Waals surface area (Å²) in [5, 5.41) is 0.356. The molecule has 1 saturated heterocycles. The van der Waals surface area contributed by atoms with Crippen molar-refractivity contribution < 1.29 is 18.7 Å². The van der Waals surface area contributed by atoms with E-state index in [1.807, 2.05) is 4.90 Å².